The summed E-state index contributed by atoms with van der Waals surface area (Å²) in [5.74, 6) is 0.0957. The summed E-state index contributed by atoms with van der Waals surface area (Å²) in [4.78, 5) is 32.0. The molecule has 3 aliphatic rings. The van der Waals surface area contributed by atoms with E-state index < -0.39 is 0 Å². The molecule has 6 rings (SSSR count). The number of amides is 2. The highest BCUT2D eigenvalue weighted by Crippen LogP contribution is 2.53. The van der Waals surface area contributed by atoms with Crippen molar-refractivity contribution in [2.45, 2.75) is 13.3 Å². The number of allylic oxidation sites excluding steroid dienone is 2. The number of hydrogen-bond donors (Lipinski definition) is 0. The van der Waals surface area contributed by atoms with Crippen LogP contribution in [-0.4, -0.2) is 16.8 Å². The van der Waals surface area contributed by atoms with Crippen molar-refractivity contribution in [1.82, 2.24) is 4.98 Å². The fourth-order valence-corrected chi connectivity index (χ4v) is 6.13. The van der Waals surface area contributed by atoms with Crippen LogP contribution in [-0.2, 0) is 9.59 Å². The SMILES string of the molecule is Cc1ccc2nc(-c3ccc(N4C(=O)C5C6C=CC(C6)C5C4=O)cc3)sc2c1. The Morgan fingerprint density at radius 1 is 0.964 bits per heavy atom. The molecule has 4 unspecified atom stereocenters. The fraction of sp³-hybridized carbons (Fsp3) is 0.261. The Balaban J connectivity index is 1.33. The van der Waals surface area contributed by atoms with Gasteiger partial charge in [-0.1, -0.05) is 18.2 Å². The van der Waals surface area contributed by atoms with E-state index in [2.05, 4.69) is 31.2 Å². The van der Waals surface area contributed by atoms with Crippen LogP contribution in [0.4, 0.5) is 5.69 Å². The molecular weight excluding hydrogens is 368 g/mol. The summed E-state index contributed by atoms with van der Waals surface area (Å²) < 4.78 is 1.17. The molecule has 2 aromatic carbocycles. The summed E-state index contributed by atoms with van der Waals surface area (Å²) in [6.07, 6.45) is 5.20. The maximum Gasteiger partial charge on any atom is 0.238 e. The number of carbonyl (C=O) groups is 2. The molecule has 2 heterocycles. The molecule has 2 amide bonds. The second-order valence-corrected chi connectivity index (χ2v) is 9.08. The summed E-state index contributed by atoms with van der Waals surface area (Å²) in [5, 5.41) is 0.949. The van der Waals surface area contributed by atoms with Crippen molar-refractivity contribution in [2.75, 3.05) is 4.90 Å². The van der Waals surface area contributed by atoms with Crippen LogP contribution >= 0.6 is 11.3 Å². The number of aryl methyl sites for hydroxylation is 1. The van der Waals surface area contributed by atoms with E-state index in [0.717, 1.165) is 22.5 Å². The summed E-state index contributed by atoms with van der Waals surface area (Å²) in [7, 11) is 0. The lowest BCUT2D eigenvalue weighted by molar-refractivity contribution is -0.123. The van der Waals surface area contributed by atoms with Gasteiger partial charge in [-0.15, -0.1) is 11.3 Å². The molecule has 1 saturated heterocycles. The van der Waals surface area contributed by atoms with E-state index in [1.807, 2.05) is 30.3 Å². The molecule has 138 valence electrons. The molecule has 2 bridgehead atoms. The normalized spacial score (nSPS) is 28.0. The monoisotopic (exact) mass is 386 g/mol. The third-order valence-electron chi connectivity index (χ3n) is 6.39. The number of thiazole rings is 1. The molecule has 4 atom stereocenters. The van der Waals surface area contributed by atoms with Gasteiger partial charge in [0.1, 0.15) is 5.01 Å². The van der Waals surface area contributed by atoms with Gasteiger partial charge in [0.25, 0.3) is 0 Å². The van der Waals surface area contributed by atoms with E-state index in [1.54, 1.807) is 11.3 Å². The summed E-state index contributed by atoms with van der Waals surface area (Å²) in [6, 6.07) is 13.9. The van der Waals surface area contributed by atoms with Gasteiger partial charge in [0.2, 0.25) is 11.8 Å². The van der Waals surface area contributed by atoms with Crippen LogP contribution in [0.15, 0.2) is 54.6 Å². The van der Waals surface area contributed by atoms with Crippen molar-refractivity contribution in [2.24, 2.45) is 23.7 Å². The fourth-order valence-electron chi connectivity index (χ4n) is 5.07. The van der Waals surface area contributed by atoms with Gasteiger partial charge in [-0.05, 0) is 67.1 Å². The Morgan fingerprint density at radius 2 is 1.64 bits per heavy atom. The van der Waals surface area contributed by atoms with Crippen LogP contribution in [0.1, 0.15) is 12.0 Å². The van der Waals surface area contributed by atoms with Crippen LogP contribution in [0, 0.1) is 30.6 Å². The lowest BCUT2D eigenvalue weighted by Crippen LogP contribution is -2.32. The molecule has 5 heteroatoms. The molecule has 3 aromatic rings. The average molecular weight is 386 g/mol. The van der Waals surface area contributed by atoms with Crippen molar-refractivity contribution in [3.63, 3.8) is 0 Å². The number of anilines is 1. The standard InChI is InChI=1S/C23H18N2O2S/c1-12-2-9-17-18(10-12)28-21(24-17)13-5-7-16(8-6-13)25-22(26)19-14-3-4-15(11-14)20(19)23(25)27/h2-10,14-15,19-20H,11H2,1H3. The van der Waals surface area contributed by atoms with Crippen molar-refractivity contribution in [1.29, 1.82) is 0 Å². The molecule has 1 aliphatic heterocycles. The number of carbonyl (C=O) groups excluding carboxylic acids is 2. The van der Waals surface area contributed by atoms with Gasteiger partial charge in [0, 0.05) is 5.56 Å². The first-order valence-corrected chi connectivity index (χ1v) is 10.5. The summed E-state index contributed by atoms with van der Waals surface area (Å²) in [6.45, 7) is 2.08. The number of hydrogen-bond acceptors (Lipinski definition) is 4. The van der Waals surface area contributed by atoms with Crippen molar-refractivity contribution in [3.05, 3.63) is 60.2 Å². The van der Waals surface area contributed by atoms with Gasteiger partial charge in [-0.2, -0.15) is 0 Å². The number of nitrogens with zero attached hydrogens (tertiary/aromatic N) is 2. The van der Waals surface area contributed by atoms with E-state index in [9.17, 15) is 9.59 Å². The minimum atomic E-state index is -0.158. The Hall–Kier alpha value is -2.79. The number of imide groups is 1. The maximum atomic E-state index is 13.0. The smallest absolute Gasteiger partial charge is 0.238 e. The van der Waals surface area contributed by atoms with E-state index in [1.165, 1.54) is 15.2 Å². The minimum Gasteiger partial charge on any atom is -0.274 e. The molecule has 2 fully saturated rings. The quantitative estimate of drug-likeness (QED) is 0.478. The first-order valence-electron chi connectivity index (χ1n) is 9.64. The minimum absolute atomic E-state index is 0.0323. The van der Waals surface area contributed by atoms with Gasteiger partial charge >= 0.3 is 0 Å². The largest absolute Gasteiger partial charge is 0.274 e. The van der Waals surface area contributed by atoms with Crippen molar-refractivity contribution >= 4 is 39.1 Å². The van der Waals surface area contributed by atoms with E-state index in [-0.39, 0.29) is 35.5 Å². The Morgan fingerprint density at radius 3 is 2.32 bits per heavy atom. The van der Waals surface area contributed by atoms with Crippen molar-refractivity contribution < 1.29 is 9.59 Å². The van der Waals surface area contributed by atoms with Crippen LogP contribution in [0.3, 0.4) is 0 Å². The molecule has 0 spiro atoms. The number of benzene rings is 2. The molecule has 2 aliphatic carbocycles. The maximum absolute atomic E-state index is 13.0. The molecular formula is C23H18N2O2S. The first-order chi connectivity index (χ1) is 13.6. The lowest BCUT2D eigenvalue weighted by Gasteiger charge is -2.17. The van der Waals surface area contributed by atoms with Crippen LogP contribution in [0.5, 0.6) is 0 Å². The molecule has 1 aromatic heterocycles. The average Bonchev–Trinajstić information content (AvgIpc) is 3.45. The van der Waals surface area contributed by atoms with Gasteiger partial charge in [-0.25, -0.2) is 4.98 Å². The predicted molar refractivity (Wildman–Crippen MR) is 110 cm³/mol. The number of fused-ring (bicyclic) bond motifs is 6. The highest BCUT2D eigenvalue weighted by atomic mass is 32.1. The Bertz CT molecular complexity index is 1150. The third kappa shape index (κ3) is 2.14. The molecule has 28 heavy (non-hydrogen) atoms. The third-order valence-corrected chi connectivity index (χ3v) is 7.45. The molecule has 0 radical (unpaired) electrons. The number of rotatable bonds is 2. The van der Waals surface area contributed by atoms with Gasteiger partial charge in [0.15, 0.2) is 0 Å². The molecule has 1 saturated carbocycles. The molecule has 0 N–H and O–H groups in total. The lowest BCUT2D eigenvalue weighted by atomic mass is 9.85. The topological polar surface area (TPSA) is 50.3 Å². The predicted octanol–water partition coefficient (Wildman–Crippen LogP) is 4.58. The van der Waals surface area contributed by atoms with E-state index >= 15 is 0 Å². The second kappa shape index (κ2) is 5.61. The van der Waals surface area contributed by atoms with Crippen LogP contribution in [0.2, 0.25) is 0 Å². The van der Waals surface area contributed by atoms with Crippen LogP contribution in [0.25, 0.3) is 20.8 Å². The zero-order valence-electron chi connectivity index (χ0n) is 15.3. The second-order valence-electron chi connectivity index (χ2n) is 8.05. The van der Waals surface area contributed by atoms with Gasteiger partial charge in [0.05, 0.1) is 27.7 Å². The van der Waals surface area contributed by atoms with Crippen molar-refractivity contribution in [3.8, 4) is 10.6 Å². The molecule has 4 nitrogen and oxygen atoms in total. The summed E-state index contributed by atoms with van der Waals surface area (Å²) in [5.41, 5.74) is 3.89. The first kappa shape index (κ1) is 16.2. The van der Waals surface area contributed by atoms with E-state index in [4.69, 9.17) is 4.98 Å². The Labute approximate surface area is 166 Å². The van der Waals surface area contributed by atoms with Crippen LogP contribution < -0.4 is 4.90 Å². The zero-order valence-corrected chi connectivity index (χ0v) is 16.1. The van der Waals surface area contributed by atoms with Gasteiger partial charge < -0.3 is 0 Å². The van der Waals surface area contributed by atoms with Gasteiger partial charge in [-0.3, -0.25) is 14.5 Å². The number of aromatic nitrogens is 1. The van der Waals surface area contributed by atoms with E-state index in [0.29, 0.717) is 5.69 Å². The summed E-state index contributed by atoms with van der Waals surface area (Å²) >= 11 is 1.66. The highest BCUT2D eigenvalue weighted by Gasteiger charge is 2.59. The zero-order chi connectivity index (χ0) is 19.0. The highest BCUT2D eigenvalue weighted by molar-refractivity contribution is 7.21. The Kier molecular flexibility index (Phi) is 3.24.